The Morgan fingerprint density at radius 2 is 1.53 bits per heavy atom. The molecule has 4 nitrogen and oxygen atoms in total. The number of isocyanates is 2. The van der Waals surface area contributed by atoms with E-state index in [1.807, 2.05) is 0 Å². The van der Waals surface area contributed by atoms with Crippen LogP contribution in [0.25, 0.3) is 0 Å². The van der Waals surface area contributed by atoms with Gasteiger partial charge in [-0.05, 0) is 25.7 Å². The Morgan fingerprint density at radius 1 is 0.842 bits per heavy atom. The zero-order valence-corrected chi connectivity index (χ0v) is 11.7. The van der Waals surface area contributed by atoms with Crippen molar-refractivity contribution in [1.82, 2.24) is 0 Å². The largest absolute Gasteiger partial charge is 0.235 e. The number of nitrogens with zero attached hydrogens (tertiary/aromatic N) is 2. The minimum Gasteiger partial charge on any atom is -0.211 e. The van der Waals surface area contributed by atoms with E-state index in [4.69, 9.17) is 0 Å². The standard InChI is InChI=1S/C15H24N2O2/c18-13-16-12-8-3-1-2-5-9-15(17-14-19)10-6-4-7-11-15/h1-12H2. The van der Waals surface area contributed by atoms with Crippen molar-refractivity contribution in [1.29, 1.82) is 0 Å². The van der Waals surface area contributed by atoms with Crippen LogP contribution in [0.5, 0.6) is 0 Å². The number of aliphatic imine (C=N–C) groups is 2. The Hall–Kier alpha value is -1.24. The van der Waals surface area contributed by atoms with Gasteiger partial charge in [0, 0.05) is 0 Å². The van der Waals surface area contributed by atoms with Gasteiger partial charge < -0.3 is 0 Å². The number of hydrogen-bond donors (Lipinski definition) is 0. The maximum Gasteiger partial charge on any atom is 0.235 e. The molecular weight excluding hydrogens is 240 g/mol. The maximum atomic E-state index is 10.6. The first-order valence-corrected chi connectivity index (χ1v) is 7.46. The highest BCUT2D eigenvalue weighted by atomic mass is 16.1. The van der Waals surface area contributed by atoms with E-state index in [0.717, 1.165) is 44.9 Å². The predicted molar refractivity (Wildman–Crippen MR) is 74.6 cm³/mol. The van der Waals surface area contributed by atoms with E-state index < -0.39 is 0 Å². The summed E-state index contributed by atoms with van der Waals surface area (Å²) in [5.74, 6) is 0. The zero-order chi connectivity index (χ0) is 13.8. The molecule has 0 bridgehead atoms. The van der Waals surface area contributed by atoms with Crippen LogP contribution >= 0.6 is 0 Å². The lowest BCUT2D eigenvalue weighted by Gasteiger charge is -2.32. The van der Waals surface area contributed by atoms with Crippen LogP contribution in [0.1, 0.15) is 70.6 Å². The van der Waals surface area contributed by atoms with Crippen molar-refractivity contribution in [2.24, 2.45) is 9.98 Å². The second-order valence-electron chi connectivity index (χ2n) is 5.48. The third-order valence-electron chi connectivity index (χ3n) is 4.04. The molecule has 0 aromatic carbocycles. The third kappa shape index (κ3) is 6.47. The van der Waals surface area contributed by atoms with Gasteiger partial charge in [-0.15, -0.1) is 0 Å². The van der Waals surface area contributed by atoms with Gasteiger partial charge in [0.05, 0.1) is 12.1 Å². The van der Waals surface area contributed by atoms with Crippen molar-refractivity contribution in [2.45, 2.75) is 76.2 Å². The molecule has 0 heterocycles. The predicted octanol–water partition coefficient (Wildman–Crippen LogP) is 3.70. The number of carbonyl (C=O) groups excluding carboxylic acids is 2. The van der Waals surface area contributed by atoms with Crippen molar-refractivity contribution in [3.8, 4) is 0 Å². The highest BCUT2D eigenvalue weighted by Crippen LogP contribution is 2.35. The van der Waals surface area contributed by atoms with Gasteiger partial charge in [-0.2, -0.15) is 4.99 Å². The minimum absolute atomic E-state index is 0.0954. The van der Waals surface area contributed by atoms with Crippen molar-refractivity contribution >= 4 is 12.2 Å². The van der Waals surface area contributed by atoms with E-state index in [1.165, 1.54) is 25.7 Å². The summed E-state index contributed by atoms with van der Waals surface area (Å²) >= 11 is 0. The number of unbranched alkanes of at least 4 members (excludes halogenated alkanes) is 4. The van der Waals surface area contributed by atoms with Crippen molar-refractivity contribution in [3.05, 3.63) is 0 Å². The summed E-state index contributed by atoms with van der Waals surface area (Å²) in [4.78, 5) is 28.1. The molecular formula is C15H24N2O2. The average Bonchev–Trinajstić information content (AvgIpc) is 2.43. The Morgan fingerprint density at radius 3 is 2.21 bits per heavy atom. The molecule has 4 heteroatoms. The van der Waals surface area contributed by atoms with Crippen LogP contribution in [0.3, 0.4) is 0 Å². The Bertz CT molecular complexity index is 336. The van der Waals surface area contributed by atoms with E-state index in [-0.39, 0.29) is 5.54 Å². The quantitative estimate of drug-likeness (QED) is 0.362. The molecule has 0 aromatic rings. The van der Waals surface area contributed by atoms with Gasteiger partial charge in [-0.1, -0.05) is 44.9 Å². The summed E-state index contributed by atoms with van der Waals surface area (Å²) in [5.41, 5.74) is -0.0954. The Kier molecular flexibility index (Phi) is 8.04. The summed E-state index contributed by atoms with van der Waals surface area (Å²) in [6.45, 7) is 0.600. The molecule has 0 N–H and O–H groups in total. The molecule has 106 valence electrons. The van der Waals surface area contributed by atoms with Gasteiger partial charge in [0.2, 0.25) is 12.2 Å². The topological polar surface area (TPSA) is 58.9 Å². The highest BCUT2D eigenvalue weighted by Gasteiger charge is 2.30. The highest BCUT2D eigenvalue weighted by molar-refractivity contribution is 5.35. The molecule has 1 rings (SSSR count). The van der Waals surface area contributed by atoms with Gasteiger partial charge in [0.25, 0.3) is 0 Å². The van der Waals surface area contributed by atoms with Gasteiger partial charge in [0.1, 0.15) is 0 Å². The fraction of sp³-hybridized carbons (Fsp3) is 0.867. The van der Waals surface area contributed by atoms with Crippen LogP contribution in [-0.4, -0.2) is 24.2 Å². The van der Waals surface area contributed by atoms with E-state index in [1.54, 1.807) is 12.2 Å². The zero-order valence-electron chi connectivity index (χ0n) is 11.7. The monoisotopic (exact) mass is 264 g/mol. The van der Waals surface area contributed by atoms with E-state index in [2.05, 4.69) is 9.98 Å². The number of hydrogen-bond acceptors (Lipinski definition) is 4. The summed E-state index contributed by atoms with van der Waals surface area (Å²) in [5, 5.41) is 0. The molecule has 1 aliphatic carbocycles. The van der Waals surface area contributed by atoms with Gasteiger partial charge in [0.15, 0.2) is 0 Å². The first kappa shape index (κ1) is 15.8. The second-order valence-corrected chi connectivity index (χ2v) is 5.48. The smallest absolute Gasteiger partial charge is 0.211 e. The fourth-order valence-electron chi connectivity index (χ4n) is 2.95. The molecule has 1 aliphatic rings. The normalized spacial score (nSPS) is 17.3. The molecule has 0 radical (unpaired) electrons. The van der Waals surface area contributed by atoms with Crippen molar-refractivity contribution in [3.63, 3.8) is 0 Å². The molecule has 1 fully saturated rings. The molecule has 0 saturated heterocycles. The van der Waals surface area contributed by atoms with E-state index in [9.17, 15) is 9.59 Å². The molecule has 19 heavy (non-hydrogen) atoms. The maximum absolute atomic E-state index is 10.6. The SMILES string of the molecule is O=C=NCCCCCCCC1(N=C=O)CCCCC1. The number of rotatable bonds is 9. The first-order chi connectivity index (χ1) is 9.33. The van der Waals surface area contributed by atoms with Crippen LogP contribution in [0, 0.1) is 0 Å². The molecule has 0 aromatic heterocycles. The van der Waals surface area contributed by atoms with Crippen LogP contribution in [-0.2, 0) is 9.59 Å². The minimum atomic E-state index is -0.0954. The van der Waals surface area contributed by atoms with Crippen LogP contribution in [0.15, 0.2) is 9.98 Å². The van der Waals surface area contributed by atoms with Crippen LogP contribution in [0.2, 0.25) is 0 Å². The Labute approximate surface area is 115 Å². The second kappa shape index (κ2) is 9.66. The lowest BCUT2D eigenvalue weighted by atomic mass is 9.78. The summed E-state index contributed by atoms with van der Waals surface area (Å²) < 4.78 is 0. The van der Waals surface area contributed by atoms with Crippen LogP contribution in [0.4, 0.5) is 0 Å². The lowest BCUT2D eigenvalue weighted by Crippen LogP contribution is -2.29. The molecule has 0 atom stereocenters. The summed E-state index contributed by atoms with van der Waals surface area (Å²) in [6.07, 6.45) is 15.6. The molecule has 0 amide bonds. The van der Waals surface area contributed by atoms with E-state index >= 15 is 0 Å². The van der Waals surface area contributed by atoms with Gasteiger partial charge in [-0.3, -0.25) is 0 Å². The van der Waals surface area contributed by atoms with Gasteiger partial charge >= 0.3 is 0 Å². The van der Waals surface area contributed by atoms with Gasteiger partial charge in [-0.25, -0.2) is 14.6 Å². The van der Waals surface area contributed by atoms with Crippen molar-refractivity contribution < 1.29 is 9.59 Å². The molecule has 0 aliphatic heterocycles. The lowest BCUT2D eigenvalue weighted by molar-refractivity contribution is 0.271. The van der Waals surface area contributed by atoms with Crippen molar-refractivity contribution in [2.75, 3.05) is 6.54 Å². The molecule has 0 spiro atoms. The first-order valence-electron chi connectivity index (χ1n) is 7.46. The molecule has 1 saturated carbocycles. The third-order valence-corrected chi connectivity index (χ3v) is 4.04. The summed E-state index contributed by atoms with van der Waals surface area (Å²) in [7, 11) is 0. The average molecular weight is 264 g/mol. The summed E-state index contributed by atoms with van der Waals surface area (Å²) in [6, 6.07) is 0. The van der Waals surface area contributed by atoms with E-state index in [0.29, 0.717) is 6.54 Å². The van der Waals surface area contributed by atoms with Crippen LogP contribution < -0.4 is 0 Å². The fourth-order valence-corrected chi connectivity index (χ4v) is 2.95. The molecule has 0 unspecified atom stereocenters. The Balaban J connectivity index is 2.15.